The molecular weight excluding hydrogens is 160 g/mol. The van der Waals surface area contributed by atoms with Crippen LogP contribution >= 0.6 is 0 Å². The van der Waals surface area contributed by atoms with Crippen LogP contribution in [-0.2, 0) is 4.79 Å². The average Bonchev–Trinajstić information content (AvgIpc) is 2.07. The van der Waals surface area contributed by atoms with Crippen LogP contribution in [0.3, 0.4) is 0 Å². The molecule has 0 bridgehead atoms. The van der Waals surface area contributed by atoms with Gasteiger partial charge in [0.1, 0.15) is 5.78 Å². The molecule has 1 heteroatoms. The predicted octanol–water partition coefficient (Wildman–Crippen LogP) is 3.33. The van der Waals surface area contributed by atoms with Crippen LogP contribution in [0.1, 0.15) is 58.8 Å². The molecule has 0 aromatic carbocycles. The quantitative estimate of drug-likeness (QED) is 0.559. The van der Waals surface area contributed by atoms with E-state index in [0.29, 0.717) is 16.6 Å². The summed E-state index contributed by atoms with van der Waals surface area (Å²) in [7, 11) is 0. The van der Waals surface area contributed by atoms with Gasteiger partial charge in [-0.25, -0.2) is 0 Å². The Morgan fingerprint density at radius 2 is 1.62 bits per heavy atom. The zero-order valence-electron chi connectivity index (χ0n) is 8.86. The average molecular weight is 180 g/mol. The van der Waals surface area contributed by atoms with E-state index >= 15 is 0 Å². The second kappa shape index (κ2) is 2.83. The second-order valence-electron chi connectivity index (χ2n) is 5.54. The van der Waals surface area contributed by atoms with E-state index in [-0.39, 0.29) is 0 Å². The van der Waals surface area contributed by atoms with E-state index < -0.39 is 0 Å². The number of ketones is 1. The molecule has 2 atom stereocenters. The van der Waals surface area contributed by atoms with Crippen molar-refractivity contribution in [2.75, 3.05) is 0 Å². The molecule has 0 amide bonds. The number of carbonyl (C=O) groups is 1. The fourth-order valence-corrected chi connectivity index (χ4v) is 3.30. The molecule has 1 nitrogen and oxygen atoms in total. The molecular formula is C12H20O. The smallest absolute Gasteiger partial charge is 0.133 e. The summed E-state index contributed by atoms with van der Waals surface area (Å²) >= 11 is 0. The van der Waals surface area contributed by atoms with Crippen LogP contribution in [0.5, 0.6) is 0 Å². The first-order valence-electron chi connectivity index (χ1n) is 5.58. The summed E-state index contributed by atoms with van der Waals surface area (Å²) in [5, 5.41) is 0. The first-order valence-corrected chi connectivity index (χ1v) is 5.58. The van der Waals surface area contributed by atoms with Crippen LogP contribution in [0.15, 0.2) is 0 Å². The number of hydrogen-bond donors (Lipinski definition) is 0. The Labute approximate surface area is 80.9 Å². The number of hydrogen-bond acceptors (Lipinski definition) is 1. The number of fused-ring (bicyclic) bond motifs is 1. The van der Waals surface area contributed by atoms with E-state index in [4.69, 9.17) is 0 Å². The fourth-order valence-electron chi connectivity index (χ4n) is 3.30. The maximum Gasteiger partial charge on any atom is 0.133 e. The lowest BCUT2D eigenvalue weighted by Gasteiger charge is -2.53. The minimum Gasteiger partial charge on any atom is -0.300 e. The van der Waals surface area contributed by atoms with E-state index in [2.05, 4.69) is 13.8 Å². The van der Waals surface area contributed by atoms with Gasteiger partial charge in [0, 0.05) is 12.8 Å². The Morgan fingerprint density at radius 3 is 2.31 bits per heavy atom. The molecule has 0 aromatic rings. The van der Waals surface area contributed by atoms with Crippen molar-refractivity contribution in [3.63, 3.8) is 0 Å². The minimum absolute atomic E-state index is 0.334. The SMILES string of the molecule is C[C@]12CCCC[C@]1(C)CC(=O)CC2. The van der Waals surface area contributed by atoms with Gasteiger partial charge in [0.2, 0.25) is 0 Å². The Kier molecular flexibility index (Phi) is 2.01. The molecule has 2 saturated carbocycles. The molecule has 2 rings (SSSR count). The van der Waals surface area contributed by atoms with E-state index in [1.54, 1.807) is 0 Å². The van der Waals surface area contributed by atoms with E-state index in [9.17, 15) is 4.79 Å². The highest BCUT2D eigenvalue weighted by Gasteiger charge is 2.49. The lowest BCUT2D eigenvalue weighted by Crippen LogP contribution is -2.45. The molecule has 0 spiro atoms. The molecule has 0 heterocycles. The minimum atomic E-state index is 0.334. The van der Waals surface area contributed by atoms with Crippen molar-refractivity contribution in [3.8, 4) is 0 Å². The van der Waals surface area contributed by atoms with Gasteiger partial charge in [0.25, 0.3) is 0 Å². The molecule has 0 unspecified atom stereocenters. The Morgan fingerprint density at radius 1 is 1.00 bits per heavy atom. The van der Waals surface area contributed by atoms with Gasteiger partial charge >= 0.3 is 0 Å². The highest BCUT2D eigenvalue weighted by Crippen LogP contribution is 2.57. The normalized spacial score (nSPS) is 45.8. The lowest BCUT2D eigenvalue weighted by atomic mass is 9.51. The van der Waals surface area contributed by atoms with E-state index in [1.807, 2.05) is 0 Å². The molecule has 0 radical (unpaired) electrons. The first kappa shape index (κ1) is 9.23. The molecule has 0 aromatic heterocycles. The summed E-state index contributed by atoms with van der Waals surface area (Å²) in [6.07, 6.45) is 8.16. The van der Waals surface area contributed by atoms with Crippen molar-refractivity contribution >= 4 is 5.78 Å². The number of carbonyl (C=O) groups excluding carboxylic acids is 1. The summed E-state index contributed by atoms with van der Waals surface area (Å²) in [5.41, 5.74) is 0.805. The zero-order chi connectivity index (χ0) is 9.53. The Balaban J connectivity index is 2.25. The van der Waals surface area contributed by atoms with Crippen molar-refractivity contribution < 1.29 is 4.79 Å². The van der Waals surface area contributed by atoms with Crippen LogP contribution in [0.2, 0.25) is 0 Å². The topological polar surface area (TPSA) is 17.1 Å². The summed E-state index contributed by atoms with van der Waals surface area (Å²) in [6, 6.07) is 0. The van der Waals surface area contributed by atoms with Gasteiger partial charge in [-0.05, 0) is 30.1 Å². The van der Waals surface area contributed by atoms with Gasteiger partial charge in [0.05, 0.1) is 0 Å². The largest absolute Gasteiger partial charge is 0.300 e. The van der Waals surface area contributed by atoms with Crippen molar-refractivity contribution in [2.45, 2.75) is 58.8 Å². The third-order valence-electron chi connectivity index (χ3n) is 4.71. The Bertz CT molecular complexity index is 233. The van der Waals surface area contributed by atoms with Crippen molar-refractivity contribution in [2.24, 2.45) is 10.8 Å². The summed E-state index contributed by atoms with van der Waals surface area (Å²) in [5.74, 6) is 0.502. The Hall–Kier alpha value is -0.330. The van der Waals surface area contributed by atoms with E-state index in [0.717, 1.165) is 19.3 Å². The van der Waals surface area contributed by atoms with Crippen LogP contribution < -0.4 is 0 Å². The van der Waals surface area contributed by atoms with Gasteiger partial charge in [-0.2, -0.15) is 0 Å². The molecule has 2 aliphatic carbocycles. The molecule has 0 aliphatic heterocycles. The lowest BCUT2D eigenvalue weighted by molar-refractivity contribution is -0.132. The number of Topliss-reactive ketones (excluding diaryl/α,β-unsaturated/α-hetero) is 1. The third-order valence-corrected chi connectivity index (χ3v) is 4.71. The molecule has 13 heavy (non-hydrogen) atoms. The molecule has 74 valence electrons. The molecule has 2 fully saturated rings. The second-order valence-corrected chi connectivity index (χ2v) is 5.54. The first-order chi connectivity index (χ1) is 6.06. The molecule has 0 N–H and O–H groups in total. The van der Waals surface area contributed by atoms with Gasteiger partial charge < -0.3 is 0 Å². The highest BCUT2D eigenvalue weighted by atomic mass is 16.1. The van der Waals surface area contributed by atoms with E-state index in [1.165, 1.54) is 25.7 Å². The molecule has 0 saturated heterocycles. The summed E-state index contributed by atoms with van der Waals surface area (Å²) in [4.78, 5) is 11.5. The van der Waals surface area contributed by atoms with Crippen molar-refractivity contribution in [1.29, 1.82) is 0 Å². The van der Waals surface area contributed by atoms with Crippen LogP contribution in [0, 0.1) is 10.8 Å². The van der Waals surface area contributed by atoms with Crippen LogP contribution in [-0.4, -0.2) is 5.78 Å². The molecule has 2 aliphatic rings. The maximum atomic E-state index is 11.5. The zero-order valence-corrected chi connectivity index (χ0v) is 8.86. The highest BCUT2D eigenvalue weighted by molar-refractivity contribution is 5.80. The summed E-state index contributed by atoms with van der Waals surface area (Å²) < 4.78 is 0. The van der Waals surface area contributed by atoms with Crippen molar-refractivity contribution in [3.05, 3.63) is 0 Å². The van der Waals surface area contributed by atoms with Gasteiger partial charge in [0.15, 0.2) is 0 Å². The number of rotatable bonds is 0. The van der Waals surface area contributed by atoms with Crippen LogP contribution in [0.25, 0.3) is 0 Å². The predicted molar refractivity (Wildman–Crippen MR) is 53.5 cm³/mol. The fraction of sp³-hybridized carbons (Fsp3) is 0.917. The van der Waals surface area contributed by atoms with Gasteiger partial charge in [-0.1, -0.05) is 26.7 Å². The van der Waals surface area contributed by atoms with Gasteiger partial charge in [-0.3, -0.25) is 4.79 Å². The summed E-state index contributed by atoms with van der Waals surface area (Å²) in [6.45, 7) is 4.74. The maximum absolute atomic E-state index is 11.5. The standard InChI is InChI=1S/C12H20O/c1-11-6-3-4-7-12(11,2)9-10(13)5-8-11/h3-9H2,1-2H3/t11-,12-/m1/s1. The third kappa shape index (κ3) is 1.33. The van der Waals surface area contributed by atoms with Gasteiger partial charge in [-0.15, -0.1) is 0 Å². The van der Waals surface area contributed by atoms with Crippen molar-refractivity contribution in [1.82, 2.24) is 0 Å². The monoisotopic (exact) mass is 180 g/mol. The van der Waals surface area contributed by atoms with Crippen LogP contribution in [0.4, 0.5) is 0 Å².